The number of hydrogen-bond donors (Lipinski definition) is 1. The van der Waals surface area contributed by atoms with Crippen LogP contribution in [0, 0.1) is 6.92 Å². The van der Waals surface area contributed by atoms with E-state index in [1.54, 1.807) is 21.7 Å². The molecule has 0 aliphatic rings. The molecule has 0 fully saturated rings. The van der Waals surface area contributed by atoms with Crippen LogP contribution >= 0.6 is 39.0 Å². The lowest BCUT2D eigenvalue weighted by molar-refractivity contribution is -0.116. The molecule has 0 unspecified atom stereocenters. The molecule has 0 radical (unpaired) electrons. The number of tetrazole rings is 1. The summed E-state index contributed by atoms with van der Waals surface area (Å²) in [5, 5.41) is 16.7. The molecule has 0 saturated carbocycles. The summed E-state index contributed by atoms with van der Waals surface area (Å²) in [5.74, 6) is -0.168. The first-order chi connectivity index (χ1) is 12.4. The van der Waals surface area contributed by atoms with Crippen molar-refractivity contribution in [3.8, 4) is 0 Å². The van der Waals surface area contributed by atoms with E-state index in [1.807, 2.05) is 25.1 Å². The Labute approximate surface area is 165 Å². The molecule has 0 aliphatic carbocycles. The third kappa shape index (κ3) is 4.40. The molecule has 0 aliphatic heterocycles. The fourth-order valence-electron chi connectivity index (χ4n) is 2.20. The molecule has 1 amide bonds. The zero-order chi connectivity index (χ0) is 18.7. The Morgan fingerprint density at radius 3 is 2.88 bits per heavy atom. The van der Waals surface area contributed by atoms with Crippen LogP contribution in [0.4, 0.5) is 5.69 Å². The van der Waals surface area contributed by atoms with E-state index in [-0.39, 0.29) is 17.2 Å². The maximum atomic E-state index is 12.4. The topological polar surface area (TPSA) is 94.7 Å². The minimum absolute atomic E-state index is 0.0521. The smallest absolute Gasteiger partial charge is 0.307 e. The van der Waals surface area contributed by atoms with Crippen molar-refractivity contribution < 1.29 is 4.79 Å². The van der Waals surface area contributed by atoms with Crippen molar-refractivity contribution in [3.05, 3.63) is 43.4 Å². The van der Waals surface area contributed by atoms with Crippen LogP contribution in [0.2, 0.25) is 0 Å². The van der Waals surface area contributed by atoms with Crippen molar-refractivity contribution in [2.45, 2.75) is 29.9 Å². The molecule has 0 atom stereocenters. The van der Waals surface area contributed by atoms with Crippen LogP contribution in [0.3, 0.4) is 0 Å². The van der Waals surface area contributed by atoms with Crippen molar-refractivity contribution in [1.29, 1.82) is 0 Å². The van der Waals surface area contributed by atoms with E-state index in [0.717, 1.165) is 26.4 Å². The Hall–Kier alpha value is -1.98. The molecule has 0 bridgehead atoms. The van der Waals surface area contributed by atoms with Gasteiger partial charge in [0.2, 0.25) is 11.1 Å². The first kappa shape index (κ1) is 18.8. The monoisotopic (exact) mass is 454 g/mol. The molecule has 2 heterocycles. The Kier molecular flexibility index (Phi) is 5.89. The summed E-state index contributed by atoms with van der Waals surface area (Å²) in [4.78, 5) is 24.9. The van der Waals surface area contributed by atoms with Gasteiger partial charge in [0.15, 0.2) is 0 Å². The normalized spacial score (nSPS) is 10.9. The van der Waals surface area contributed by atoms with Gasteiger partial charge in [0.05, 0.1) is 5.69 Å². The van der Waals surface area contributed by atoms with Crippen LogP contribution in [0.15, 0.2) is 42.9 Å². The van der Waals surface area contributed by atoms with Gasteiger partial charge < -0.3 is 9.88 Å². The molecule has 1 N–H and O–H groups in total. The average Bonchev–Trinajstić information content (AvgIpc) is 3.14. The molecule has 3 aromatic rings. The van der Waals surface area contributed by atoms with Crippen LogP contribution < -0.4 is 10.2 Å². The third-order valence-electron chi connectivity index (χ3n) is 3.54. The predicted molar refractivity (Wildman–Crippen MR) is 104 cm³/mol. The molecule has 2 aromatic heterocycles. The number of benzene rings is 1. The van der Waals surface area contributed by atoms with Crippen LogP contribution in [0.25, 0.3) is 0 Å². The van der Waals surface area contributed by atoms with Crippen molar-refractivity contribution in [1.82, 2.24) is 24.8 Å². The standard InChI is InChI=1S/C15H15BrN6O2S2/c1-9-8-25-15(24)22(9)6-5-13(23)17-11-7-10(16)3-4-12(11)26-14-18-19-20-21(14)2/h3-4,7-8H,5-6H2,1-2H3,(H,17,23). The van der Waals surface area contributed by atoms with E-state index in [2.05, 4.69) is 36.8 Å². The quantitative estimate of drug-likeness (QED) is 0.614. The van der Waals surface area contributed by atoms with Crippen molar-refractivity contribution >= 4 is 50.6 Å². The number of carbonyl (C=O) groups is 1. The Balaban J connectivity index is 1.72. The fourth-order valence-corrected chi connectivity index (χ4v) is 4.12. The molecule has 26 heavy (non-hydrogen) atoms. The molecular formula is C15H15BrN6O2S2. The molecule has 0 saturated heterocycles. The summed E-state index contributed by atoms with van der Waals surface area (Å²) in [6.45, 7) is 2.21. The lowest BCUT2D eigenvalue weighted by Crippen LogP contribution is -2.20. The molecule has 136 valence electrons. The van der Waals surface area contributed by atoms with Gasteiger partial charge in [-0.15, -0.1) is 5.10 Å². The van der Waals surface area contributed by atoms with Crippen LogP contribution in [0.5, 0.6) is 0 Å². The molecule has 11 heteroatoms. The molecule has 3 rings (SSSR count). The highest BCUT2D eigenvalue weighted by atomic mass is 79.9. The van der Waals surface area contributed by atoms with Gasteiger partial charge in [-0.2, -0.15) is 0 Å². The highest BCUT2D eigenvalue weighted by Crippen LogP contribution is 2.33. The predicted octanol–water partition coefficient (Wildman–Crippen LogP) is 2.68. The van der Waals surface area contributed by atoms with E-state index in [9.17, 15) is 9.59 Å². The minimum Gasteiger partial charge on any atom is -0.325 e. The highest BCUT2D eigenvalue weighted by Gasteiger charge is 2.13. The Bertz CT molecular complexity index is 996. The van der Waals surface area contributed by atoms with Gasteiger partial charge in [0.25, 0.3) is 0 Å². The first-order valence-corrected chi connectivity index (χ1v) is 10.1. The summed E-state index contributed by atoms with van der Waals surface area (Å²) in [6.07, 6.45) is 0.208. The lowest BCUT2D eigenvalue weighted by atomic mass is 10.3. The summed E-state index contributed by atoms with van der Waals surface area (Å²) >= 11 is 5.91. The maximum absolute atomic E-state index is 12.4. The highest BCUT2D eigenvalue weighted by molar-refractivity contribution is 9.10. The second-order valence-corrected chi connectivity index (χ2v) is 8.17. The number of anilines is 1. The number of aromatic nitrogens is 5. The number of hydrogen-bond acceptors (Lipinski definition) is 7. The number of amides is 1. The van der Waals surface area contributed by atoms with Crippen molar-refractivity contribution in [3.63, 3.8) is 0 Å². The third-order valence-corrected chi connectivity index (χ3v) is 6.02. The van der Waals surface area contributed by atoms with Gasteiger partial charge in [0, 0.05) is 40.5 Å². The van der Waals surface area contributed by atoms with Crippen molar-refractivity contribution in [2.24, 2.45) is 7.05 Å². The zero-order valence-corrected chi connectivity index (χ0v) is 17.2. The summed E-state index contributed by atoms with van der Waals surface area (Å²) in [5.41, 5.74) is 1.52. The van der Waals surface area contributed by atoms with E-state index >= 15 is 0 Å². The molecule has 1 aromatic carbocycles. The summed E-state index contributed by atoms with van der Waals surface area (Å²) in [6, 6.07) is 5.59. The summed E-state index contributed by atoms with van der Waals surface area (Å²) < 4.78 is 4.01. The Morgan fingerprint density at radius 2 is 2.23 bits per heavy atom. The number of thiazole rings is 1. The number of rotatable bonds is 6. The van der Waals surface area contributed by atoms with Gasteiger partial charge >= 0.3 is 4.87 Å². The van der Waals surface area contributed by atoms with Crippen molar-refractivity contribution in [2.75, 3.05) is 5.32 Å². The van der Waals surface area contributed by atoms with Gasteiger partial charge in [-0.25, -0.2) is 4.68 Å². The zero-order valence-electron chi connectivity index (χ0n) is 14.0. The van der Waals surface area contributed by atoms with Crippen LogP contribution in [-0.4, -0.2) is 30.7 Å². The van der Waals surface area contributed by atoms with Crippen LogP contribution in [0.1, 0.15) is 12.1 Å². The van der Waals surface area contributed by atoms with Gasteiger partial charge in [0.1, 0.15) is 0 Å². The first-order valence-electron chi connectivity index (χ1n) is 7.58. The number of carbonyl (C=O) groups excluding carboxylic acids is 1. The number of nitrogens with zero attached hydrogens (tertiary/aromatic N) is 5. The van der Waals surface area contributed by atoms with E-state index < -0.39 is 0 Å². The fraction of sp³-hybridized carbons (Fsp3) is 0.267. The Morgan fingerprint density at radius 1 is 1.42 bits per heavy atom. The van der Waals surface area contributed by atoms with E-state index in [4.69, 9.17) is 0 Å². The van der Waals surface area contributed by atoms with E-state index in [1.165, 1.54) is 11.8 Å². The van der Waals surface area contributed by atoms with E-state index in [0.29, 0.717) is 17.4 Å². The number of halogens is 1. The average molecular weight is 455 g/mol. The molecule has 0 spiro atoms. The SMILES string of the molecule is Cc1csc(=O)n1CCC(=O)Nc1cc(Br)ccc1Sc1nnnn1C. The number of aryl methyl sites for hydroxylation is 2. The largest absolute Gasteiger partial charge is 0.325 e. The van der Waals surface area contributed by atoms with Crippen LogP contribution in [-0.2, 0) is 18.4 Å². The second kappa shape index (κ2) is 8.14. The molecular weight excluding hydrogens is 440 g/mol. The van der Waals surface area contributed by atoms with Gasteiger partial charge in [-0.05, 0) is 47.3 Å². The maximum Gasteiger partial charge on any atom is 0.307 e. The second-order valence-electron chi connectivity index (χ2n) is 5.42. The summed E-state index contributed by atoms with van der Waals surface area (Å²) in [7, 11) is 1.75. The van der Waals surface area contributed by atoms with Gasteiger partial charge in [-0.3, -0.25) is 9.59 Å². The number of nitrogens with one attached hydrogen (secondary N) is 1. The molecule has 8 nitrogen and oxygen atoms in total. The lowest BCUT2D eigenvalue weighted by Gasteiger charge is -2.11. The minimum atomic E-state index is -0.168. The van der Waals surface area contributed by atoms with Gasteiger partial charge in [-0.1, -0.05) is 27.3 Å².